The second-order valence-corrected chi connectivity index (χ2v) is 8.17. The largest absolute Gasteiger partial charge is 0.489 e. The number of hydrogen-bond acceptors (Lipinski definition) is 3. The fourth-order valence-corrected chi connectivity index (χ4v) is 4.05. The van der Waals surface area contributed by atoms with E-state index in [0.29, 0.717) is 17.9 Å². The fraction of sp³-hybridized carbons (Fsp3) is 0.133. The molecule has 0 aliphatic carbocycles. The highest BCUT2D eigenvalue weighted by molar-refractivity contribution is 5.98. The van der Waals surface area contributed by atoms with Crippen LogP contribution in [0.5, 0.6) is 5.75 Å². The van der Waals surface area contributed by atoms with Crippen molar-refractivity contribution in [1.29, 1.82) is 0 Å². The maximum Gasteiger partial charge on any atom is 0.252 e. The van der Waals surface area contributed by atoms with Gasteiger partial charge in [-0.1, -0.05) is 97.1 Å². The van der Waals surface area contributed by atoms with E-state index in [2.05, 4.69) is 10.6 Å². The molecule has 5 nitrogen and oxygen atoms in total. The van der Waals surface area contributed by atoms with E-state index in [1.165, 1.54) is 0 Å². The van der Waals surface area contributed by atoms with E-state index < -0.39 is 6.04 Å². The van der Waals surface area contributed by atoms with Crippen molar-refractivity contribution < 1.29 is 14.3 Å². The van der Waals surface area contributed by atoms with Crippen LogP contribution < -0.4 is 15.4 Å². The molecule has 0 heterocycles. The smallest absolute Gasteiger partial charge is 0.252 e. The summed E-state index contributed by atoms with van der Waals surface area (Å²) in [5.74, 6) is -0.396. The molecular weight excluding hydrogens is 436 g/mol. The van der Waals surface area contributed by atoms with Crippen molar-refractivity contribution in [3.8, 4) is 5.75 Å². The standard InChI is InChI=1S/C30H28N2O3/c1-31-30(34)28(27(23-14-7-3-8-15-23)24-16-9-4-10-17-24)32-29(33)25-18-11-19-26(20-25)35-21-22-12-5-2-6-13-22/h2-20,27-28H,21H2,1H3,(H,31,34)(H,32,33)/t28-/m0/s1. The first-order chi connectivity index (χ1) is 17.2. The van der Waals surface area contributed by atoms with Crippen LogP contribution in [0.1, 0.15) is 33.0 Å². The SMILES string of the molecule is CNC(=O)[C@@H](NC(=O)c1cccc(OCc2ccccc2)c1)C(c1ccccc1)c1ccccc1. The fourth-order valence-electron chi connectivity index (χ4n) is 4.05. The quantitative estimate of drug-likeness (QED) is 0.369. The Morgan fingerprint density at radius 2 is 1.31 bits per heavy atom. The third kappa shape index (κ3) is 6.15. The zero-order valence-corrected chi connectivity index (χ0v) is 19.6. The molecule has 0 aliphatic heterocycles. The summed E-state index contributed by atoms with van der Waals surface area (Å²) >= 11 is 0. The van der Waals surface area contributed by atoms with Gasteiger partial charge >= 0.3 is 0 Å². The molecule has 4 rings (SSSR count). The maximum atomic E-state index is 13.3. The molecule has 2 N–H and O–H groups in total. The van der Waals surface area contributed by atoms with E-state index >= 15 is 0 Å². The van der Waals surface area contributed by atoms with Gasteiger partial charge in [0, 0.05) is 18.5 Å². The van der Waals surface area contributed by atoms with E-state index in [4.69, 9.17) is 4.74 Å². The van der Waals surface area contributed by atoms with Crippen molar-refractivity contribution in [3.05, 3.63) is 138 Å². The lowest BCUT2D eigenvalue weighted by molar-refractivity contribution is -0.122. The molecule has 0 aromatic heterocycles. The van der Waals surface area contributed by atoms with Crippen LogP contribution in [-0.2, 0) is 11.4 Å². The van der Waals surface area contributed by atoms with Crippen LogP contribution in [0.15, 0.2) is 115 Å². The Balaban J connectivity index is 1.58. The van der Waals surface area contributed by atoms with Crippen LogP contribution >= 0.6 is 0 Å². The van der Waals surface area contributed by atoms with Gasteiger partial charge in [-0.2, -0.15) is 0 Å². The van der Waals surface area contributed by atoms with Gasteiger partial charge in [0.05, 0.1) is 0 Å². The average molecular weight is 465 g/mol. The van der Waals surface area contributed by atoms with E-state index in [9.17, 15) is 9.59 Å². The number of likely N-dealkylation sites (N-methyl/N-ethyl adjacent to an activating group) is 1. The summed E-state index contributed by atoms with van der Waals surface area (Å²) in [6.45, 7) is 0.400. The summed E-state index contributed by atoms with van der Waals surface area (Å²) < 4.78 is 5.88. The Bertz CT molecular complexity index is 1200. The van der Waals surface area contributed by atoms with Gasteiger partial charge in [0.25, 0.3) is 5.91 Å². The lowest BCUT2D eigenvalue weighted by Crippen LogP contribution is -2.49. The van der Waals surface area contributed by atoms with Gasteiger partial charge in [-0.15, -0.1) is 0 Å². The molecule has 0 saturated carbocycles. The van der Waals surface area contributed by atoms with Crippen LogP contribution in [-0.4, -0.2) is 24.9 Å². The number of benzene rings is 4. The maximum absolute atomic E-state index is 13.3. The van der Waals surface area contributed by atoms with E-state index in [0.717, 1.165) is 16.7 Å². The van der Waals surface area contributed by atoms with E-state index in [1.54, 1.807) is 25.2 Å². The molecule has 0 spiro atoms. The minimum Gasteiger partial charge on any atom is -0.489 e. The molecule has 176 valence electrons. The van der Waals surface area contributed by atoms with Crippen molar-refractivity contribution in [2.45, 2.75) is 18.6 Å². The number of rotatable bonds is 9. The lowest BCUT2D eigenvalue weighted by atomic mass is 9.84. The summed E-state index contributed by atoms with van der Waals surface area (Å²) in [6, 6.07) is 35.5. The first-order valence-electron chi connectivity index (χ1n) is 11.5. The third-order valence-corrected chi connectivity index (χ3v) is 5.81. The number of ether oxygens (including phenoxy) is 1. The number of carbonyl (C=O) groups excluding carboxylic acids is 2. The second kappa shape index (κ2) is 11.7. The van der Waals surface area contributed by atoms with Crippen molar-refractivity contribution in [1.82, 2.24) is 10.6 Å². The summed E-state index contributed by atoms with van der Waals surface area (Å²) in [4.78, 5) is 26.4. The molecule has 2 amide bonds. The van der Waals surface area contributed by atoms with Crippen LogP contribution in [0.4, 0.5) is 0 Å². The minimum absolute atomic E-state index is 0.271. The van der Waals surface area contributed by atoms with Crippen molar-refractivity contribution in [3.63, 3.8) is 0 Å². The Morgan fingerprint density at radius 3 is 1.89 bits per heavy atom. The molecule has 35 heavy (non-hydrogen) atoms. The second-order valence-electron chi connectivity index (χ2n) is 8.17. The highest BCUT2D eigenvalue weighted by Crippen LogP contribution is 2.29. The number of nitrogens with one attached hydrogen (secondary N) is 2. The molecule has 5 heteroatoms. The Hall–Kier alpha value is -4.38. The highest BCUT2D eigenvalue weighted by Gasteiger charge is 2.32. The first kappa shape index (κ1) is 23.8. The van der Waals surface area contributed by atoms with Crippen LogP contribution in [0.2, 0.25) is 0 Å². The molecule has 0 bridgehead atoms. The minimum atomic E-state index is -0.814. The van der Waals surface area contributed by atoms with Crippen LogP contribution in [0, 0.1) is 0 Å². The Kier molecular flexibility index (Phi) is 7.92. The highest BCUT2D eigenvalue weighted by atomic mass is 16.5. The van der Waals surface area contributed by atoms with Gasteiger partial charge in [-0.3, -0.25) is 9.59 Å². The van der Waals surface area contributed by atoms with Crippen LogP contribution in [0.25, 0.3) is 0 Å². The Labute approximate surface area is 205 Å². The van der Waals surface area contributed by atoms with Gasteiger partial charge in [-0.25, -0.2) is 0 Å². The number of amides is 2. The molecule has 0 fully saturated rings. The molecule has 1 atom stereocenters. The van der Waals surface area contributed by atoms with Crippen molar-refractivity contribution in [2.24, 2.45) is 0 Å². The van der Waals surface area contributed by atoms with Gasteiger partial charge in [-0.05, 0) is 34.9 Å². The number of hydrogen-bond donors (Lipinski definition) is 2. The molecule has 4 aromatic carbocycles. The first-order valence-corrected chi connectivity index (χ1v) is 11.5. The molecule has 0 radical (unpaired) electrons. The number of carbonyl (C=O) groups is 2. The predicted octanol–water partition coefficient (Wildman–Crippen LogP) is 4.94. The van der Waals surface area contributed by atoms with Gasteiger partial charge < -0.3 is 15.4 Å². The van der Waals surface area contributed by atoms with Crippen molar-refractivity contribution >= 4 is 11.8 Å². The third-order valence-electron chi connectivity index (χ3n) is 5.81. The Morgan fingerprint density at radius 1 is 0.743 bits per heavy atom. The van der Waals surface area contributed by atoms with E-state index in [-0.39, 0.29) is 17.7 Å². The zero-order valence-electron chi connectivity index (χ0n) is 19.6. The van der Waals surface area contributed by atoms with Gasteiger partial charge in [0.1, 0.15) is 18.4 Å². The molecular formula is C30H28N2O3. The van der Waals surface area contributed by atoms with Gasteiger partial charge in [0.2, 0.25) is 5.91 Å². The van der Waals surface area contributed by atoms with E-state index in [1.807, 2.05) is 97.1 Å². The molecule has 0 unspecified atom stereocenters. The normalized spacial score (nSPS) is 11.5. The summed E-state index contributed by atoms with van der Waals surface area (Å²) in [5.41, 5.74) is 3.33. The summed E-state index contributed by atoms with van der Waals surface area (Å²) in [6.07, 6.45) is 0. The molecule has 4 aromatic rings. The molecule has 0 aliphatic rings. The molecule has 0 saturated heterocycles. The topological polar surface area (TPSA) is 67.4 Å². The lowest BCUT2D eigenvalue weighted by Gasteiger charge is -2.28. The zero-order chi connectivity index (χ0) is 24.5. The average Bonchev–Trinajstić information content (AvgIpc) is 2.93. The summed E-state index contributed by atoms with van der Waals surface area (Å²) in [7, 11) is 1.58. The monoisotopic (exact) mass is 464 g/mol. The van der Waals surface area contributed by atoms with Crippen molar-refractivity contribution in [2.75, 3.05) is 7.05 Å². The predicted molar refractivity (Wildman–Crippen MR) is 137 cm³/mol. The van der Waals surface area contributed by atoms with Crippen LogP contribution in [0.3, 0.4) is 0 Å². The van der Waals surface area contributed by atoms with Gasteiger partial charge in [0.15, 0.2) is 0 Å². The summed E-state index contributed by atoms with van der Waals surface area (Å²) in [5, 5.41) is 5.69.